The lowest BCUT2D eigenvalue weighted by Crippen LogP contribution is -2.36. The fourth-order valence-electron chi connectivity index (χ4n) is 2.53. The molecule has 31 heavy (non-hydrogen) atoms. The van der Waals surface area contributed by atoms with Gasteiger partial charge in [-0.05, 0) is 24.5 Å². The Balaban J connectivity index is 2.02. The largest absolute Gasteiger partial charge is 0.356 e. The molecule has 0 aliphatic rings. The Morgan fingerprint density at radius 3 is 2.45 bits per heavy atom. The predicted molar refractivity (Wildman–Crippen MR) is 120 cm³/mol. The maximum Gasteiger partial charge on any atom is 0.353 e. The number of carbonyl (C=O) groups excluding carboxylic acids is 2. The van der Waals surface area contributed by atoms with Crippen LogP contribution in [0, 0.1) is 18.2 Å². The van der Waals surface area contributed by atoms with Crippen LogP contribution < -0.4 is 16.0 Å². The van der Waals surface area contributed by atoms with Crippen LogP contribution in [0.25, 0.3) is 4.90 Å². The molecule has 0 bridgehead atoms. The molecule has 2 rings (SSSR count). The Labute approximate surface area is 184 Å². The van der Waals surface area contributed by atoms with E-state index >= 15 is 0 Å². The van der Waals surface area contributed by atoms with Crippen molar-refractivity contribution in [2.24, 2.45) is 5.41 Å². The highest BCUT2D eigenvalue weighted by atomic mass is 32.2. The zero-order valence-corrected chi connectivity index (χ0v) is 19.8. The fourth-order valence-corrected chi connectivity index (χ4v) is 5.01. The Morgan fingerprint density at radius 1 is 1.19 bits per heavy atom. The number of amides is 3. The van der Waals surface area contributed by atoms with Crippen molar-refractivity contribution >= 4 is 37.4 Å². The summed E-state index contributed by atoms with van der Waals surface area (Å²) in [7, 11) is -4.53. The van der Waals surface area contributed by atoms with E-state index in [0.717, 1.165) is 12.3 Å². The standard InChI is InChI=1S/C20H27FN4O4S2/c1-13-11-30(14-6-7-16(15(21)10-14)31(5,28)29)19(24-13)25-18(27)22-9-8-17(26)23-12-20(2,3)4/h6-7,10-11H,8-9,12H2,1-5H3,(H2-,22,23,24,25,26,27)/p+1. The summed E-state index contributed by atoms with van der Waals surface area (Å²) in [6.07, 6.45) is 1.08. The van der Waals surface area contributed by atoms with Gasteiger partial charge in [-0.3, -0.25) is 4.79 Å². The minimum Gasteiger partial charge on any atom is -0.356 e. The number of nitrogens with one attached hydrogen (secondary N) is 3. The molecule has 1 aromatic carbocycles. The fraction of sp³-hybridized carbons (Fsp3) is 0.450. The van der Waals surface area contributed by atoms with Crippen LogP contribution in [0.1, 0.15) is 32.9 Å². The molecule has 0 spiro atoms. The monoisotopic (exact) mass is 471 g/mol. The van der Waals surface area contributed by atoms with E-state index in [1.54, 1.807) is 12.3 Å². The lowest BCUT2D eigenvalue weighted by Gasteiger charge is -2.18. The summed E-state index contributed by atoms with van der Waals surface area (Å²) >= 11 is 0. The summed E-state index contributed by atoms with van der Waals surface area (Å²) in [4.78, 5) is 28.5. The van der Waals surface area contributed by atoms with Gasteiger partial charge < -0.3 is 10.6 Å². The van der Waals surface area contributed by atoms with Crippen molar-refractivity contribution in [1.29, 1.82) is 0 Å². The van der Waals surface area contributed by atoms with Gasteiger partial charge in [-0.25, -0.2) is 22.9 Å². The molecule has 0 saturated heterocycles. The van der Waals surface area contributed by atoms with Gasteiger partial charge >= 0.3 is 11.2 Å². The van der Waals surface area contributed by atoms with Crippen molar-refractivity contribution in [1.82, 2.24) is 15.6 Å². The van der Waals surface area contributed by atoms with Gasteiger partial charge in [-0.2, -0.15) is 4.98 Å². The molecule has 1 atom stereocenters. The van der Waals surface area contributed by atoms with Gasteiger partial charge in [0, 0.05) is 31.8 Å². The molecule has 1 aromatic heterocycles. The first kappa shape index (κ1) is 24.7. The van der Waals surface area contributed by atoms with Crippen molar-refractivity contribution in [3.05, 3.63) is 35.1 Å². The zero-order valence-electron chi connectivity index (χ0n) is 18.2. The van der Waals surface area contributed by atoms with Crippen molar-refractivity contribution in [3.8, 4) is 4.90 Å². The molecule has 0 radical (unpaired) electrons. The number of aryl methyl sites for hydroxylation is 1. The normalized spacial score (nSPS) is 12.4. The number of aromatic nitrogens is 1. The van der Waals surface area contributed by atoms with Crippen LogP contribution in [0.5, 0.6) is 0 Å². The first-order valence-corrected chi connectivity index (χ1v) is 12.8. The molecule has 1 unspecified atom stereocenters. The van der Waals surface area contributed by atoms with E-state index in [1.807, 2.05) is 20.8 Å². The van der Waals surface area contributed by atoms with E-state index in [-0.39, 0.29) is 29.2 Å². The number of sulfone groups is 1. The summed E-state index contributed by atoms with van der Waals surface area (Å²) in [6, 6.07) is 3.33. The van der Waals surface area contributed by atoms with Crippen molar-refractivity contribution < 1.29 is 22.4 Å². The Hall–Kier alpha value is -2.53. The van der Waals surface area contributed by atoms with E-state index in [0.29, 0.717) is 22.3 Å². The van der Waals surface area contributed by atoms with E-state index in [1.165, 1.54) is 12.1 Å². The number of hydrogen-bond donors (Lipinski definition) is 3. The van der Waals surface area contributed by atoms with Crippen LogP contribution in [0.2, 0.25) is 0 Å². The molecule has 0 fully saturated rings. The van der Waals surface area contributed by atoms with Crippen LogP contribution in [0.15, 0.2) is 28.5 Å². The summed E-state index contributed by atoms with van der Waals surface area (Å²) in [5, 5.41) is 10.1. The van der Waals surface area contributed by atoms with Gasteiger partial charge in [0.05, 0.1) is 16.2 Å². The van der Waals surface area contributed by atoms with Crippen LogP contribution in [0.4, 0.5) is 14.3 Å². The van der Waals surface area contributed by atoms with E-state index in [9.17, 15) is 22.4 Å². The van der Waals surface area contributed by atoms with E-state index in [4.69, 9.17) is 0 Å². The number of urea groups is 1. The summed E-state index contributed by atoms with van der Waals surface area (Å²) < 4.78 is 37.5. The Kier molecular flexibility index (Phi) is 7.77. The van der Waals surface area contributed by atoms with E-state index < -0.39 is 32.2 Å². The topological polar surface area (TPSA) is 117 Å². The lowest BCUT2D eigenvalue weighted by molar-refractivity contribution is -0.121. The number of benzene rings is 1. The van der Waals surface area contributed by atoms with Crippen molar-refractivity contribution in [2.45, 2.75) is 39.0 Å². The second-order valence-electron chi connectivity index (χ2n) is 8.35. The van der Waals surface area contributed by atoms with E-state index in [2.05, 4.69) is 20.9 Å². The summed E-state index contributed by atoms with van der Waals surface area (Å²) in [5.74, 6) is -1.01. The number of hydrogen-bond acceptors (Lipinski definition) is 5. The first-order chi connectivity index (χ1) is 14.3. The quantitative estimate of drug-likeness (QED) is 0.536. The number of nitrogens with zero attached hydrogens (tertiary/aromatic N) is 1. The maximum atomic E-state index is 14.3. The molecule has 0 aliphatic carbocycles. The van der Waals surface area contributed by atoms with Crippen LogP contribution >= 0.6 is 10.5 Å². The number of rotatable bonds is 7. The summed E-state index contributed by atoms with van der Waals surface area (Å²) in [5.41, 5.74) is 0.619. The molecular weight excluding hydrogens is 443 g/mol. The molecule has 1 heterocycles. The predicted octanol–water partition coefficient (Wildman–Crippen LogP) is 3.34. The Morgan fingerprint density at radius 2 is 1.87 bits per heavy atom. The molecular formula is C20H28FN4O4S2+. The van der Waals surface area contributed by atoms with Gasteiger partial charge in [-0.1, -0.05) is 20.8 Å². The molecule has 2 aromatic rings. The smallest absolute Gasteiger partial charge is 0.353 e. The highest BCUT2D eigenvalue weighted by Gasteiger charge is 2.25. The third kappa shape index (κ3) is 7.59. The van der Waals surface area contributed by atoms with Gasteiger partial charge in [0.25, 0.3) is 0 Å². The molecule has 0 saturated carbocycles. The third-order valence-corrected chi connectivity index (χ3v) is 7.08. The van der Waals surface area contributed by atoms with Gasteiger partial charge in [0.1, 0.15) is 10.7 Å². The molecule has 3 amide bonds. The number of halogens is 1. The highest BCUT2D eigenvalue weighted by molar-refractivity contribution is 7.90. The average Bonchev–Trinajstić information content (AvgIpc) is 2.98. The molecule has 3 N–H and O–H groups in total. The second-order valence-corrected chi connectivity index (χ2v) is 12.1. The highest BCUT2D eigenvalue weighted by Crippen LogP contribution is 2.39. The van der Waals surface area contributed by atoms with Crippen LogP contribution in [0.3, 0.4) is 0 Å². The lowest BCUT2D eigenvalue weighted by atomic mass is 9.97. The average molecular weight is 472 g/mol. The van der Waals surface area contributed by atoms with Gasteiger partial charge in [0.15, 0.2) is 20.1 Å². The number of thiazole rings is 1. The van der Waals surface area contributed by atoms with Crippen molar-refractivity contribution in [2.75, 3.05) is 24.7 Å². The zero-order chi connectivity index (χ0) is 23.4. The SMILES string of the molecule is Cc1c[s+](-c2ccc(S(C)(=O)=O)c(F)c2)c(NC(=O)NCCC(=O)NCC(C)(C)C)n1. The number of anilines is 1. The molecule has 170 valence electrons. The van der Waals surface area contributed by atoms with Gasteiger partial charge in [0.2, 0.25) is 5.91 Å². The second kappa shape index (κ2) is 9.73. The molecule has 0 aliphatic heterocycles. The van der Waals surface area contributed by atoms with Gasteiger partial charge in [-0.15, -0.1) is 0 Å². The summed E-state index contributed by atoms with van der Waals surface area (Å²) in [6.45, 7) is 8.46. The van der Waals surface area contributed by atoms with Crippen LogP contribution in [-0.4, -0.2) is 44.7 Å². The first-order valence-electron chi connectivity index (χ1n) is 9.58. The maximum absolute atomic E-state index is 14.3. The van der Waals surface area contributed by atoms with Crippen LogP contribution in [-0.2, 0) is 14.6 Å². The van der Waals surface area contributed by atoms with Crippen molar-refractivity contribution in [3.63, 3.8) is 0 Å². The Bertz CT molecular complexity index is 1080. The molecule has 8 nitrogen and oxygen atoms in total. The number of carbonyl (C=O) groups is 2. The molecule has 11 heteroatoms. The third-order valence-electron chi connectivity index (χ3n) is 4.01. The minimum atomic E-state index is -3.68. The minimum absolute atomic E-state index is 0.0269.